The largest absolute Gasteiger partial charge is 0.441 e. The number of hydrazone groups is 1. The number of nitrogens with zero attached hydrogens (tertiary/aromatic N) is 4. The SMILES string of the molecule is Cc1cc(C=C2C(=N)N3N=C(C(F)(F)F)SC3=NC2=O)c(C)n1-c1cccc(F)c1. The van der Waals surface area contributed by atoms with Gasteiger partial charge < -0.3 is 4.57 Å². The van der Waals surface area contributed by atoms with Gasteiger partial charge in [0.1, 0.15) is 5.82 Å². The highest BCUT2D eigenvalue weighted by molar-refractivity contribution is 8.27. The summed E-state index contributed by atoms with van der Waals surface area (Å²) in [5, 5.41) is 10.8. The number of fused-ring (bicyclic) bond motifs is 1. The van der Waals surface area contributed by atoms with E-state index in [2.05, 4.69) is 10.1 Å². The highest BCUT2D eigenvalue weighted by atomic mass is 32.2. The highest BCUT2D eigenvalue weighted by Gasteiger charge is 2.46. The third kappa shape index (κ3) is 3.34. The van der Waals surface area contributed by atoms with Crippen LogP contribution in [-0.4, -0.2) is 37.7 Å². The zero-order valence-corrected chi connectivity index (χ0v) is 16.4. The quantitative estimate of drug-likeness (QED) is 0.561. The first-order chi connectivity index (χ1) is 14.1. The van der Waals surface area contributed by atoms with Gasteiger partial charge in [0, 0.05) is 17.1 Å². The number of hydrogen-bond acceptors (Lipinski definition) is 4. The molecule has 4 rings (SSSR count). The molecule has 0 unspecified atom stereocenters. The first-order valence-electron chi connectivity index (χ1n) is 8.58. The fourth-order valence-electron chi connectivity index (χ4n) is 3.21. The molecule has 0 saturated carbocycles. The minimum absolute atomic E-state index is 0.189. The number of benzene rings is 1. The Kier molecular flexibility index (Phi) is 4.64. The van der Waals surface area contributed by atoms with Gasteiger partial charge in [-0.2, -0.15) is 28.3 Å². The molecule has 0 radical (unpaired) electrons. The van der Waals surface area contributed by atoms with Crippen LogP contribution in [0.15, 0.2) is 46.0 Å². The molecule has 0 bridgehead atoms. The molecule has 30 heavy (non-hydrogen) atoms. The van der Waals surface area contributed by atoms with Crippen molar-refractivity contribution in [3.63, 3.8) is 0 Å². The van der Waals surface area contributed by atoms with Crippen LogP contribution in [-0.2, 0) is 4.79 Å². The smallest absolute Gasteiger partial charge is 0.318 e. The number of nitrogens with one attached hydrogen (secondary N) is 1. The van der Waals surface area contributed by atoms with Crippen molar-refractivity contribution in [2.24, 2.45) is 10.1 Å². The van der Waals surface area contributed by atoms with Crippen LogP contribution in [0.3, 0.4) is 0 Å². The minimum Gasteiger partial charge on any atom is -0.318 e. The van der Waals surface area contributed by atoms with Crippen molar-refractivity contribution in [3.8, 4) is 5.69 Å². The average molecular weight is 435 g/mol. The molecule has 0 spiro atoms. The number of alkyl halides is 3. The molecule has 2 aromatic rings. The van der Waals surface area contributed by atoms with Gasteiger partial charge >= 0.3 is 6.18 Å². The van der Waals surface area contributed by atoms with E-state index in [1.165, 1.54) is 18.2 Å². The van der Waals surface area contributed by atoms with E-state index in [4.69, 9.17) is 5.41 Å². The van der Waals surface area contributed by atoms with Crippen LogP contribution >= 0.6 is 11.8 Å². The Morgan fingerprint density at radius 3 is 2.60 bits per heavy atom. The third-order valence-corrected chi connectivity index (χ3v) is 5.49. The molecule has 1 N–H and O–H groups in total. The molecule has 0 fully saturated rings. The van der Waals surface area contributed by atoms with Crippen LogP contribution in [0.5, 0.6) is 0 Å². The van der Waals surface area contributed by atoms with E-state index in [1.54, 1.807) is 36.6 Å². The van der Waals surface area contributed by atoms with Crippen molar-refractivity contribution in [2.45, 2.75) is 20.0 Å². The Morgan fingerprint density at radius 2 is 1.93 bits per heavy atom. The van der Waals surface area contributed by atoms with Gasteiger partial charge in [-0.1, -0.05) is 6.07 Å². The van der Waals surface area contributed by atoms with E-state index in [1.807, 2.05) is 0 Å². The molecule has 1 aromatic carbocycles. The van der Waals surface area contributed by atoms with Gasteiger partial charge in [0.2, 0.25) is 10.2 Å². The molecular weight excluding hydrogens is 422 g/mol. The first kappa shape index (κ1) is 20.1. The normalized spacial score (nSPS) is 18.1. The van der Waals surface area contributed by atoms with Crippen LogP contribution in [0, 0.1) is 25.1 Å². The van der Waals surface area contributed by atoms with Gasteiger partial charge in [0.25, 0.3) is 5.91 Å². The van der Waals surface area contributed by atoms with Gasteiger partial charge in [0.05, 0.1) is 5.57 Å². The van der Waals surface area contributed by atoms with Crippen LogP contribution in [0.4, 0.5) is 17.6 Å². The predicted octanol–water partition coefficient (Wildman–Crippen LogP) is 4.41. The fourth-order valence-corrected chi connectivity index (χ4v) is 3.97. The number of aryl methyl sites for hydroxylation is 1. The molecule has 2 aliphatic heterocycles. The van der Waals surface area contributed by atoms with Crippen LogP contribution < -0.4 is 0 Å². The number of carbonyl (C=O) groups is 1. The van der Waals surface area contributed by atoms with Gasteiger partial charge in [-0.25, -0.2) is 4.39 Å². The van der Waals surface area contributed by atoms with E-state index >= 15 is 0 Å². The lowest BCUT2D eigenvalue weighted by atomic mass is 10.1. The highest BCUT2D eigenvalue weighted by Crippen LogP contribution is 2.35. The molecule has 0 aliphatic carbocycles. The third-order valence-electron chi connectivity index (χ3n) is 4.53. The standard InChI is InChI=1S/C19H13F4N5OS/c1-9-6-11(10(2)27(9)13-5-3-4-12(20)8-13)7-14-15(24)28-18(25-16(14)29)30-17(26-28)19(21,22)23/h3-8,24H,1-2H3. The maximum atomic E-state index is 13.6. The summed E-state index contributed by atoms with van der Waals surface area (Å²) in [4.78, 5) is 16.1. The first-order valence-corrected chi connectivity index (χ1v) is 9.40. The number of amides is 1. The van der Waals surface area contributed by atoms with Gasteiger partial charge in [-0.3, -0.25) is 10.2 Å². The maximum absolute atomic E-state index is 13.6. The second kappa shape index (κ2) is 6.94. The number of amidine groups is 2. The Bertz CT molecular complexity index is 1190. The Balaban J connectivity index is 1.75. The Morgan fingerprint density at radius 1 is 1.20 bits per heavy atom. The molecule has 154 valence electrons. The van der Waals surface area contributed by atoms with Crippen molar-refractivity contribution in [1.82, 2.24) is 9.58 Å². The van der Waals surface area contributed by atoms with E-state index in [0.29, 0.717) is 22.0 Å². The minimum atomic E-state index is -4.70. The summed E-state index contributed by atoms with van der Waals surface area (Å²) in [5.41, 5.74) is 2.35. The summed E-state index contributed by atoms with van der Waals surface area (Å²) in [6, 6.07) is 7.70. The Labute approximate surface area is 172 Å². The average Bonchev–Trinajstić information content (AvgIpc) is 3.20. The molecule has 0 atom stereocenters. The molecule has 11 heteroatoms. The van der Waals surface area contributed by atoms with E-state index in [-0.39, 0.29) is 22.5 Å². The lowest BCUT2D eigenvalue weighted by molar-refractivity contribution is -0.114. The molecule has 3 heterocycles. The maximum Gasteiger partial charge on any atom is 0.441 e. The monoisotopic (exact) mass is 435 g/mol. The number of hydrogen-bond donors (Lipinski definition) is 1. The van der Waals surface area contributed by atoms with E-state index in [9.17, 15) is 22.4 Å². The summed E-state index contributed by atoms with van der Waals surface area (Å²) in [5.74, 6) is -1.73. The van der Waals surface area contributed by atoms with Gasteiger partial charge in [-0.05, 0) is 61.5 Å². The summed E-state index contributed by atoms with van der Waals surface area (Å²) >= 11 is 0.198. The predicted molar refractivity (Wildman–Crippen MR) is 106 cm³/mol. The second-order valence-corrected chi connectivity index (χ2v) is 7.52. The number of carbonyl (C=O) groups excluding carboxylic acids is 1. The van der Waals surface area contributed by atoms with Gasteiger partial charge in [0.15, 0.2) is 5.84 Å². The number of rotatable bonds is 2. The number of aliphatic imine (C=N–C) groups is 1. The van der Waals surface area contributed by atoms with Crippen molar-refractivity contribution < 1.29 is 22.4 Å². The summed E-state index contributed by atoms with van der Waals surface area (Å²) in [6.07, 6.45) is -3.32. The van der Waals surface area contributed by atoms with Gasteiger partial charge in [-0.15, -0.1) is 0 Å². The molecule has 2 aliphatic rings. The number of aromatic nitrogens is 1. The number of halogens is 4. The summed E-state index contributed by atoms with van der Waals surface area (Å²) < 4.78 is 54.2. The van der Waals surface area contributed by atoms with Crippen LogP contribution in [0.25, 0.3) is 11.8 Å². The van der Waals surface area contributed by atoms with Crippen molar-refractivity contribution in [2.75, 3.05) is 0 Å². The van der Waals surface area contributed by atoms with E-state index < -0.39 is 28.8 Å². The second-order valence-electron chi connectivity index (χ2n) is 6.56. The molecule has 1 amide bonds. The molecule has 0 saturated heterocycles. The van der Waals surface area contributed by atoms with Crippen LogP contribution in [0.1, 0.15) is 17.0 Å². The van der Waals surface area contributed by atoms with Crippen molar-refractivity contribution in [1.29, 1.82) is 5.41 Å². The molecule has 6 nitrogen and oxygen atoms in total. The lowest BCUT2D eigenvalue weighted by Crippen LogP contribution is -2.35. The summed E-state index contributed by atoms with van der Waals surface area (Å²) in [7, 11) is 0. The fraction of sp³-hybridized carbons (Fsp3) is 0.158. The zero-order valence-electron chi connectivity index (χ0n) is 15.6. The molecule has 1 aromatic heterocycles. The lowest BCUT2D eigenvalue weighted by Gasteiger charge is -2.20. The van der Waals surface area contributed by atoms with Crippen molar-refractivity contribution in [3.05, 3.63) is 58.7 Å². The van der Waals surface area contributed by atoms with Crippen LogP contribution in [0.2, 0.25) is 0 Å². The van der Waals surface area contributed by atoms with E-state index in [0.717, 1.165) is 5.69 Å². The van der Waals surface area contributed by atoms with Crippen molar-refractivity contribution >= 4 is 39.8 Å². The summed E-state index contributed by atoms with van der Waals surface area (Å²) in [6.45, 7) is 3.54. The Hall–Kier alpha value is -3.21. The molecular formula is C19H13F4N5OS. The zero-order chi connectivity index (χ0) is 21.8. The number of thioether (sulfide) groups is 1. The topological polar surface area (TPSA) is 73.8 Å².